The van der Waals surface area contributed by atoms with Crippen LogP contribution < -0.4 is 0 Å². The van der Waals surface area contributed by atoms with E-state index in [9.17, 15) is 0 Å². The molecule has 4 aromatic heterocycles. The van der Waals surface area contributed by atoms with Gasteiger partial charge in [0.15, 0.2) is 5.84 Å². The van der Waals surface area contributed by atoms with Gasteiger partial charge in [0.1, 0.15) is 33.5 Å². The molecule has 0 saturated carbocycles. The van der Waals surface area contributed by atoms with E-state index in [4.69, 9.17) is 24.1 Å². The molecule has 0 unspecified atom stereocenters. The molecule has 0 bridgehead atoms. The summed E-state index contributed by atoms with van der Waals surface area (Å²) in [6.07, 6.45) is 1.39. The summed E-state index contributed by atoms with van der Waals surface area (Å²) in [5, 5.41) is 24.4. The molecule has 13 rings (SSSR count). The number of hydrogen-bond acceptors (Lipinski definition) is 6. The lowest BCUT2D eigenvalue weighted by atomic mass is 9.96. The Kier molecular flexibility index (Phi) is 9.95. The van der Waals surface area contributed by atoms with E-state index in [0.717, 1.165) is 82.9 Å². The van der Waals surface area contributed by atoms with Crippen LogP contribution in [0.2, 0.25) is 0 Å². The van der Waals surface area contributed by atoms with E-state index in [0.29, 0.717) is 0 Å². The third-order valence-electron chi connectivity index (χ3n) is 12.0. The SMILES string of the molecule is C=NC(=N)c1ccccc1.Cc1cccc2c1oc1ccccc12.N=Cc1cccc2oc3ccc(-c4cccc5oc6cc(-c7ccc8c(c7)sc7ccccc78)ccc6c45)cc3c12. The van der Waals surface area contributed by atoms with Gasteiger partial charge in [-0.25, -0.2) is 4.99 Å². The lowest BCUT2D eigenvalue weighted by Crippen LogP contribution is -1.91. The van der Waals surface area contributed by atoms with Crippen molar-refractivity contribution >= 4 is 116 Å². The van der Waals surface area contributed by atoms with Gasteiger partial charge in [0.2, 0.25) is 0 Å². The number of aryl methyl sites for hydroxylation is 1. The fourth-order valence-electron chi connectivity index (χ4n) is 8.87. The molecule has 7 heteroatoms. The highest BCUT2D eigenvalue weighted by Gasteiger charge is 2.17. The highest BCUT2D eigenvalue weighted by molar-refractivity contribution is 7.25. The summed E-state index contributed by atoms with van der Waals surface area (Å²) in [5.41, 5.74) is 12.7. The molecule has 310 valence electrons. The predicted molar refractivity (Wildman–Crippen MR) is 274 cm³/mol. The molecule has 4 heterocycles. The highest BCUT2D eigenvalue weighted by atomic mass is 32.1. The molecule has 9 aromatic carbocycles. The second-order valence-corrected chi connectivity index (χ2v) is 17.0. The van der Waals surface area contributed by atoms with Gasteiger partial charge >= 0.3 is 0 Å². The zero-order valence-electron chi connectivity index (χ0n) is 35.3. The van der Waals surface area contributed by atoms with E-state index in [1.54, 1.807) is 0 Å². The minimum atomic E-state index is 0.223. The van der Waals surface area contributed by atoms with Crippen LogP contribution in [0.15, 0.2) is 206 Å². The van der Waals surface area contributed by atoms with E-state index < -0.39 is 0 Å². The summed E-state index contributed by atoms with van der Waals surface area (Å²) in [4.78, 5) is 3.49. The number of fused-ring (bicyclic) bond motifs is 12. The third kappa shape index (κ3) is 7.05. The Balaban J connectivity index is 0.000000159. The Morgan fingerprint density at radius 2 is 1.12 bits per heavy atom. The fourth-order valence-corrected chi connectivity index (χ4v) is 10.0. The van der Waals surface area contributed by atoms with Crippen LogP contribution in [0.25, 0.3) is 108 Å². The lowest BCUT2D eigenvalue weighted by molar-refractivity contribution is 0.665. The number of furan rings is 3. The van der Waals surface area contributed by atoms with Crippen molar-refractivity contribution in [1.82, 2.24) is 0 Å². The van der Waals surface area contributed by atoms with Crippen LogP contribution in [0.4, 0.5) is 0 Å². The number of nitrogens with zero attached hydrogens (tertiary/aromatic N) is 1. The molecule has 13 aromatic rings. The molecule has 2 N–H and O–H groups in total. The molecule has 0 fully saturated rings. The Labute approximate surface area is 377 Å². The number of amidine groups is 1. The normalized spacial score (nSPS) is 11.3. The van der Waals surface area contributed by atoms with E-state index in [2.05, 4.69) is 128 Å². The fraction of sp³-hybridized carbons (Fsp3) is 0.0172. The number of hydrogen-bond donors (Lipinski definition) is 2. The number of para-hydroxylation sites is 2. The first-order valence-electron chi connectivity index (χ1n) is 21.3. The zero-order valence-corrected chi connectivity index (χ0v) is 36.1. The number of thiophene rings is 1. The molecule has 0 aliphatic carbocycles. The van der Waals surface area contributed by atoms with Gasteiger partial charge < -0.3 is 18.7 Å². The van der Waals surface area contributed by atoms with Gasteiger partial charge in [-0.05, 0) is 96.1 Å². The monoisotopic (exact) mass is 857 g/mol. The van der Waals surface area contributed by atoms with Gasteiger partial charge in [0.25, 0.3) is 0 Å². The minimum Gasteiger partial charge on any atom is -0.456 e. The number of nitrogens with one attached hydrogen (secondary N) is 2. The first-order valence-corrected chi connectivity index (χ1v) is 22.1. The number of aliphatic imine (C=N–C) groups is 1. The van der Waals surface area contributed by atoms with E-state index in [1.807, 2.05) is 90.2 Å². The van der Waals surface area contributed by atoms with Crippen LogP contribution in [-0.4, -0.2) is 18.8 Å². The van der Waals surface area contributed by atoms with Crippen molar-refractivity contribution in [1.29, 1.82) is 10.8 Å². The van der Waals surface area contributed by atoms with Gasteiger partial charge in [0.05, 0.1) is 0 Å². The summed E-state index contributed by atoms with van der Waals surface area (Å²) in [6.45, 7) is 5.34. The summed E-state index contributed by atoms with van der Waals surface area (Å²) < 4.78 is 20.9. The molecular weight excluding hydrogens is 819 g/mol. The second-order valence-electron chi connectivity index (χ2n) is 15.9. The predicted octanol–water partition coefficient (Wildman–Crippen LogP) is 16.8. The Morgan fingerprint density at radius 1 is 0.492 bits per heavy atom. The maximum Gasteiger partial charge on any atom is 0.151 e. The van der Waals surface area contributed by atoms with Crippen molar-refractivity contribution in [2.75, 3.05) is 0 Å². The Hall–Kier alpha value is -8.39. The van der Waals surface area contributed by atoms with E-state index >= 15 is 0 Å². The van der Waals surface area contributed by atoms with Gasteiger partial charge in [-0.15, -0.1) is 11.3 Å². The quantitative estimate of drug-likeness (QED) is 0.136. The van der Waals surface area contributed by atoms with Crippen molar-refractivity contribution in [3.63, 3.8) is 0 Å². The van der Waals surface area contributed by atoms with Crippen molar-refractivity contribution in [3.8, 4) is 22.3 Å². The molecule has 0 aliphatic rings. The Bertz CT molecular complexity index is 3980. The summed E-state index contributed by atoms with van der Waals surface area (Å²) in [7, 11) is 0. The van der Waals surface area contributed by atoms with Gasteiger partial charge in [0, 0.05) is 69.8 Å². The van der Waals surface area contributed by atoms with Crippen molar-refractivity contribution in [3.05, 3.63) is 205 Å². The molecule has 0 radical (unpaired) electrons. The van der Waals surface area contributed by atoms with Crippen LogP contribution >= 0.6 is 11.3 Å². The molecule has 0 saturated heterocycles. The van der Waals surface area contributed by atoms with Crippen LogP contribution in [0, 0.1) is 17.7 Å². The molecule has 0 amide bonds. The average molecular weight is 858 g/mol. The molecule has 0 aliphatic heterocycles. The summed E-state index contributed by atoms with van der Waals surface area (Å²) >= 11 is 1.84. The number of rotatable bonds is 4. The summed E-state index contributed by atoms with van der Waals surface area (Å²) in [6, 6.07) is 64.0. The van der Waals surface area contributed by atoms with Crippen LogP contribution in [0.5, 0.6) is 0 Å². The van der Waals surface area contributed by atoms with Crippen LogP contribution in [0.3, 0.4) is 0 Å². The van der Waals surface area contributed by atoms with Crippen molar-refractivity contribution in [2.45, 2.75) is 6.92 Å². The third-order valence-corrected chi connectivity index (χ3v) is 13.1. The largest absolute Gasteiger partial charge is 0.456 e. The van der Waals surface area contributed by atoms with Gasteiger partial charge in [-0.2, -0.15) is 0 Å². The van der Waals surface area contributed by atoms with E-state index in [-0.39, 0.29) is 5.84 Å². The van der Waals surface area contributed by atoms with Crippen LogP contribution in [-0.2, 0) is 0 Å². The molecule has 65 heavy (non-hydrogen) atoms. The lowest BCUT2D eigenvalue weighted by Gasteiger charge is -2.05. The van der Waals surface area contributed by atoms with Crippen molar-refractivity contribution < 1.29 is 13.3 Å². The number of benzene rings is 9. The molecular formula is C58H39N3O3S. The van der Waals surface area contributed by atoms with Gasteiger partial charge in [-0.1, -0.05) is 133 Å². The molecule has 0 atom stereocenters. The molecule has 6 nitrogen and oxygen atoms in total. The first kappa shape index (κ1) is 39.5. The van der Waals surface area contributed by atoms with Gasteiger partial charge in [-0.3, -0.25) is 5.41 Å². The molecule has 0 spiro atoms. The maximum absolute atomic E-state index is 7.90. The van der Waals surface area contributed by atoms with Crippen molar-refractivity contribution in [2.24, 2.45) is 4.99 Å². The first-order chi connectivity index (χ1) is 31.9. The smallest absolute Gasteiger partial charge is 0.151 e. The highest BCUT2D eigenvalue weighted by Crippen LogP contribution is 2.42. The van der Waals surface area contributed by atoms with E-state index in [1.165, 1.54) is 48.3 Å². The minimum absolute atomic E-state index is 0.223. The summed E-state index contributed by atoms with van der Waals surface area (Å²) in [5.74, 6) is 0.223. The van der Waals surface area contributed by atoms with Crippen LogP contribution in [0.1, 0.15) is 16.7 Å². The second kappa shape index (κ2) is 16.4. The zero-order chi connectivity index (χ0) is 44.0. The standard InChI is InChI=1S/C37H21NO2S.C13H10O.C8H8N2/c38-20-24-5-3-8-31-36(24)29-17-23(13-16-30(29)39-31)25-7-4-9-32-37(25)28-15-12-21(18-33(28)40-32)22-11-14-27-26-6-1-2-10-34(26)41-35(27)19-22;1-9-5-4-7-11-10-6-2-3-8-12(10)14-13(9)11;1-10-8(9)7-5-3-2-4-6-7/h1-20,38H;2-8H,1H3;2-6,9H,1H2. The average Bonchev–Trinajstić information content (AvgIpc) is 4.14. The Morgan fingerprint density at radius 3 is 1.95 bits per heavy atom. The maximum atomic E-state index is 7.90. The topological polar surface area (TPSA) is 99.5 Å².